The molecule has 5 aromatic rings. The minimum atomic E-state index is 0.516. The number of hydrogen-bond acceptors (Lipinski definition) is 4. The van der Waals surface area contributed by atoms with Crippen molar-refractivity contribution in [3.05, 3.63) is 88.0 Å². The number of nitriles is 1. The predicted octanol–water partition coefficient (Wildman–Crippen LogP) is 7.22. The lowest BCUT2D eigenvalue weighted by atomic mass is 10.1. The molecule has 0 amide bonds. The average Bonchev–Trinajstić information content (AvgIpc) is 3.40. The van der Waals surface area contributed by atoms with Gasteiger partial charge in [-0.2, -0.15) is 5.26 Å². The maximum Gasteiger partial charge on any atom is 0.125 e. The molecule has 0 bridgehead atoms. The topological polar surface area (TPSA) is 64.5 Å². The Kier molecular flexibility index (Phi) is 4.72. The zero-order chi connectivity index (χ0) is 20.5. The van der Waals surface area contributed by atoms with Crippen LogP contribution in [-0.4, -0.2) is 9.97 Å². The third-order valence-electron chi connectivity index (χ3n) is 4.83. The van der Waals surface area contributed by atoms with Gasteiger partial charge in [0.2, 0.25) is 0 Å². The van der Waals surface area contributed by atoms with Crippen molar-refractivity contribution in [2.75, 3.05) is 5.32 Å². The number of hydrogen-bond donors (Lipinski definition) is 2. The smallest absolute Gasteiger partial charge is 0.125 e. The third-order valence-corrected chi connectivity index (χ3v) is 6.09. The van der Waals surface area contributed by atoms with E-state index in [2.05, 4.69) is 39.6 Å². The Bertz CT molecular complexity index is 1440. The van der Waals surface area contributed by atoms with E-state index in [1.807, 2.05) is 54.7 Å². The summed E-state index contributed by atoms with van der Waals surface area (Å²) in [6.45, 7) is 0. The molecule has 2 N–H and O–H groups in total. The summed E-state index contributed by atoms with van der Waals surface area (Å²) in [6.07, 6.45) is 7.64. The minimum absolute atomic E-state index is 0.516. The Morgan fingerprint density at radius 3 is 2.77 bits per heavy atom. The van der Waals surface area contributed by atoms with Gasteiger partial charge in [0, 0.05) is 44.3 Å². The van der Waals surface area contributed by atoms with Crippen LogP contribution in [0.3, 0.4) is 0 Å². The molecule has 0 saturated carbocycles. The van der Waals surface area contributed by atoms with E-state index in [4.69, 9.17) is 11.6 Å². The molecular weight excluding hydrogens is 412 g/mol. The van der Waals surface area contributed by atoms with Gasteiger partial charge in [-0.05, 0) is 54.1 Å². The van der Waals surface area contributed by atoms with Crippen LogP contribution in [0.1, 0.15) is 16.0 Å². The molecule has 5 rings (SSSR count). The number of H-pyrrole nitrogens is 1. The Hall–Kier alpha value is -3.59. The van der Waals surface area contributed by atoms with Crippen molar-refractivity contribution in [3.8, 4) is 6.07 Å². The van der Waals surface area contributed by atoms with Crippen molar-refractivity contribution in [2.24, 2.45) is 0 Å². The Labute approximate surface area is 182 Å². The normalized spacial score (nSPS) is 11.3. The summed E-state index contributed by atoms with van der Waals surface area (Å²) in [6, 6.07) is 20.1. The maximum absolute atomic E-state index is 9.62. The van der Waals surface area contributed by atoms with Crippen LogP contribution in [0.2, 0.25) is 5.02 Å². The number of nitrogens with one attached hydrogen (secondary N) is 2. The highest BCUT2D eigenvalue weighted by Crippen LogP contribution is 2.35. The molecule has 0 atom stereocenters. The van der Waals surface area contributed by atoms with E-state index in [0.717, 1.165) is 48.0 Å². The summed E-state index contributed by atoms with van der Waals surface area (Å²) in [5.74, 6) is 0. The van der Waals surface area contributed by atoms with E-state index < -0.39 is 0 Å². The van der Waals surface area contributed by atoms with Crippen molar-refractivity contribution >= 4 is 67.6 Å². The molecular formula is C24H15ClN4S. The van der Waals surface area contributed by atoms with Crippen LogP contribution >= 0.6 is 22.9 Å². The molecule has 0 unspecified atom stereocenters. The number of anilines is 2. The first kappa shape index (κ1) is 18.4. The monoisotopic (exact) mass is 426 g/mol. The van der Waals surface area contributed by atoms with Gasteiger partial charge in [-0.3, -0.25) is 0 Å². The van der Waals surface area contributed by atoms with Crippen LogP contribution in [0.25, 0.3) is 33.3 Å². The van der Waals surface area contributed by atoms with E-state index in [1.54, 1.807) is 17.5 Å². The van der Waals surface area contributed by atoms with E-state index in [1.165, 1.54) is 0 Å². The maximum atomic E-state index is 9.62. The molecule has 0 fully saturated rings. The lowest BCUT2D eigenvalue weighted by molar-refractivity contribution is 1.38. The summed E-state index contributed by atoms with van der Waals surface area (Å²) in [7, 11) is 0. The minimum Gasteiger partial charge on any atom is -0.361 e. The summed E-state index contributed by atoms with van der Waals surface area (Å²) in [4.78, 5) is 9.62. The highest BCUT2D eigenvalue weighted by Gasteiger charge is 2.12. The van der Waals surface area contributed by atoms with Crippen molar-refractivity contribution in [2.45, 2.75) is 0 Å². The van der Waals surface area contributed by atoms with E-state index >= 15 is 0 Å². The van der Waals surface area contributed by atoms with Gasteiger partial charge in [-0.15, -0.1) is 11.3 Å². The standard InChI is InChI=1S/C24H15ClN4S/c25-18-4-1-15(2-5-18)3-7-20-12-21-23(17(13-26)14-28-24(21)30-20)29-19-6-8-22-16(11-19)9-10-27-22/h1-12,14,27H,(H,28,29). The number of thiophene rings is 1. The van der Waals surface area contributed by atoms with Gasteiger partial charge in [-0.1, -0.05) is 29.8 Å². The molecule has 0 aliphatic carbocycles. The quantitative estimate of drug-likeness (QED) is 0.319. The number of fused-ring (bicyclic) bond motifs is 2. The third kappa shape index (κ3) is 3.55. The number of nitrogens with zero attached hydrogens (tertiary/aromatic N) is 2. The number of aromatic amines is 1. The number of pyridine rings is 1. The van der Waals surface area contributed by atoms with Crippen molar-refractivity contribution in [1.82, 2.24) is 9.97 Å². The largest absolute Gasteiger partial charge is 0.361 e. The molecule has 144 valence electrons. The zero-order valence-electron chi connectivity index (χ0n) is 15.7. The van der Waals surface area contributed by atoms with E-state index in [0.29, 0.717) is 5.56 Å². The number of aromatic nitrogens is 2. The number of rotatable bonds is 4. The van der Waals surface area contributed by atoms with Crippen LogP contribution in [0.4, 0.5) is 11.4 Å². The van der Waals surface area contributed by atoms with Crippen molar-refractivity contribution in [3.63, 3.8) is 0 Å². The van der Waals surface area contributed by atoms with Crippen LogP contribution in [-0.2, 0) is 0 Å². The van der Waals surface area contributed by atoms with Gasteiger partial charge in [-0.25, -0.2) is 4.98 Å². The van der Waals surface area contributed by atoms with Gasteiger partial charge >= 0.3 is 0 Å². The lowest BCUT2D eigenvalue weighted by Crippen LogP contribution is -1.95. The Morgan fingerprint density at radius 1 is 1.07 bits per heavy atom. The van der Waals surface area contributed by atoms with Gasteiger partial charge < -0.3 is 10.3 Å². The average molecular weight is 427 g/mol. The molecule has 0 saturated heterocycles. The summed E-state index contributed by atoms with van der Waals surface area (Å²) in [5.41, 5.74) is 4.37. The molecule has 2 aromatic carbocycles. The fourth-order valence-corrected chi connectivity index (χ4v) is 4.38. The van der Waals surface area contributed by atoms with Gasteiger partial charge in [0.05, 0.1) is 11.3 Å². The fraction of sp³-hybridized carbons (Fsp3) is 0. The highest BCUT2D eigenvalue weighted by molar-refractivity contribution is 7.19. The fourth-order valence-electron chi connectivity index (χ4n) is 3.34. The first-order chi connectivity index (χ1) is 14.7. The Balaban J connectivity index is 1.53. The molecule has 0 aliphatic rings. The lowest BCUT2D eigenvalue weighted by Gasteiger charge is -2.09. The molecule has 3 heterocycles. The van der Waals surface area contributed by atoms with Gasteiger partial charge in [0.15, 0.2) is 0 Å². The van der Waals surface area contributed by atoms with E-state index in [-0.39, 0.29) is 0 Å². The van der Waals surface area contributed by atoms with Crippen molar-refractivity contribution < 1.29 is 0 Å². The Morgan fingerprint density at radius 2 is 1.93 bits per heavy atom. The molecule has 0 aliphatic heterocycles. The summed E-state index contributed by atoms with van der Waals surface area (Å²) in [5, 5.41) is 15.8. The number of benzene rings is 2. The highest BCUT2D eigenvalue weighted by atomic mass is 35.5. The van der Waals surface area contributed by atoms with Crippen LogP contribution < -0.4 is 5.32 Å². The van der Waals surface area contributed by atoms with Crippen LogP contribution in [0.5, 0.6) is 0 Å². The first-order valence-electron chi connectivity index (χ1n) is 9.30. The molecule has 3 aromatic heterocycles. The molecule has 30 heavy (non-hydrogen) atoms. The predicted molar refractivity (Wildman–Crippen MR) is 126 cm³/mol. The number of halogens is 1. The molecule has 4 nitrogen and oxygen atoms in total. The summed E-state index contributed by atoms with van der Waals surface area (Å²) < 4.78 is 0. The second-order valence-electron chi connectivity index (χ2n) is 6.82. The first-order valence-corrected chi connectivity index (χ1v) is 10.5. The van der Waals surface area contributed by atoms with Crippen LogP contribution in [0, 0.1) is 11.3 Å². The van der Waals surface area contributed by atoms with Gasteiger partial charge in [0.25, 0.3) is 0 Å². The van der Waals surface area contributed by atoms with Crippen LogP contribution in [0.15, 0.2) is 67.0 Å². The van der Waals surface area contributed by atoms with Gasteiger partial charge in [0.1, 0.15) is 10.9 Å². The molecule has 0 spiro atoms. The SMILES string of the molecule is N#Cc1cnc2sc(C=Cc3ccc(Cl)cc3)cc2c1Nc1ccc2[nH]ccc2c1. The second kappa shape index (κ2) is 7.68. The van der Waals surface area contributed by atoms with E-state index in [9.17, 15) is 5.26 Å². The summed E-state index contributed by atoms with van der Waals surface area (Å²) >= 11 is 7.54. The molecule has 6 heteroatoms. The zero-order valence-corrected chi connectivity index (χ0v) is 17.3. The molecule has 0 radical (unpaired) electrons. The van der Waals surface area contributed by atoms with Crippen molar-refractivity contribution in [1.29, 1.82) is 5.26 Å². The second-order valence-corrected chi connectivity index (χ2v) is 8.31.